The van der Waals surface area contributed by atoms with E-state index < -0.39 is 0 Å². The molecule has 0 amide bonds. The SMILES string of the molecule is COc1ccc2c(c1)C[C@H](NCCn1c(C)cc(C)nc1=O)CC2. The van der Waals surface area contributed by atoms with Crippen molar-refractivity contribution in [2.75, 3.05) is 13.7 Å². The second-order valence-corrected chi connectivity index (χ2v) is 6.50. The van der Waals surface area contributed by atoms with Crippen molar-refractivity contribution in [3.05, 3.63) is 57.3 Å². The van der Waals surface area contributed by atoms with Gasteiger partial charge in [0.15, 0.2) is 0 Å². The van der Waals surface area contributed by atoms with Crippen molar-refractivity contribution in [2.45, 2.75) is 45.7 Å². The standard InChI is InChI=1S/C19H25N3O2/c1-13-10-14(2)22(19(23)21-13)9-8-20-17-6-4-15-5-7-18(24-3)12-16(15)11-17/h5,7,10,12,17,20H,4,6,8-9,11H2,1-3H3/t17-/m1/s1. The van der Waals surface area contributed by atoms with E-state index in [2.05, 4.69) is 22.4 Å². The predicted octanol–water partition coefficient (Wildman–Crippen LogP) is 2.02. The first-order chi connectivity index (χ1) is 11.6. The molecule has 128 valence electrons. The second kappa shape index (κ2) is 7.18. The van der Waals surface area contributed by atoms with E-state index in [1.165, 1.54) is 11.1 Å². The zero-order valence-corrected chi connectivity index (χ0v) is 14.6. The smallest absolute Gasteiger partial charge is 0.347 e. The van der Waals surface area contributed by atoms with Crippen molar-refractivity contribution in [1.82, 2.24) is 14.9 Å². The van der Waals surface area contributed by atoms with E-state index in [0.717, 1.165) is 42.9 Å². The van der Waals surface area contributed by atoms with Crippen LogP contribution in [-0.4, -0.2) is 29.2 Å². The van der Waals surface area contributed by atoms with E-state index in [1.807, 2.05) is 26.0 Å². The number of hydrogen-bond acceptors (Lipinski definition) is 4. The van der Waals surface area contributed by atoms with Gasteiger partial charge in [0, 0.05) is 30.5 Å². The summed E-state index contributed by atoms with van der Waals surface area (Å²) in [5, 5.41) is 3.59. The summed E-state index contributed by atoms with van der Waals surface area (Å²) in [7, 11) is 1.70. The molecule has 1 aromatic carbocycles. The molecule has 1 N–H and O–H groups in total. The minimum Gasteiger partial charge on any atom is -0.497 e. The number of nitrogens with zero attached hydrogens (tertiary/aromatic N) is 2. The zero-order valence-electron chi connectivity index (χ0n) is 14.6. The van der Waals surface area contributed by atoms with Gasteiger partial charge in [-0.2, -0.15) is 4.98 Å². The van der Waals surface area contributed by atoms with Gasteiger partial charge >= 0.3 is 5.69 Å². The monoisotopic (exact) mass is 327 g/mol. The topological polar surface area (TPSA) is 56.1 Å². The van der Waals surface area contributed by atoms with Crippen molar-refractivity contribution in [2.24, 2.45) is 0 Å². The molecule has 0 fully saturated rings. The lowest BCUT2D eigenvalue weighted by Gasteiger charge is -2.26. The summed E-state index contributed by atoms with van der Waals surface area (Å²) >= 11 is 0. The van der Waals surface area contributed by atoms with Crippen LogP contribution in [0.3, 0.4) is 0 Å². The first-order valence-corrected chi connectivity index (χ1v) is 8.51. The third-order valence-electron chi connectivity index (χ3n) is 4.76. The highest BCUT2D eigenvalue weighted by molar-refractivity contribution is 5.37. The number of methoxy groups -OCH3 is 1. The average Bonchev–Trinajstić information content (AvgIpc) is 2.56. The molecule has 0 saturated carbocycles. The molecule has 1 heterocycles. The number of aryl methyl sites for hydroxylation is 3. The molecule has 1 aromatic heterocycles. The van der Waals surface area contributed by atoms with Crippen molar-refractivity contribution in [3.63, 3.8) is 0 Å². The van der Waals surface area contributed by atoms with E-state index in [-0.39, 0.29) is 5.69 Å². The molecular formula is C19H25N3O2. The van der Waals surface area contributed by atoms with Crippen LogP contribution in [0.5, 0.6) is 5.75 Å². The first-order valence-electron chi connectivity index (χ1n) is 8.51. The molecule has 0 spiro atoms. The van der Waals surface area contributed by atoms with Gasteiger partial charge in [-0.05, 0) is 62.4 Å². The first kappa shape index (κ1) is 16.7. The molecule has 0 saturated heterocycles. The molecule has 0 unspecified atom stereocenters. The summed E-state index contributed by atoms with van der Waals surface area (Å²) in [5.74, 6) is 0.919. The summed E-state index contributed by atoms with van der Waals surface area (Å²) < 4.78 is 7.06. The summed E-state index contributed by atoms with van der Waals surface area (Å²) in [6.45, 7) is 5.23. The van der Waals surface area contributed by atoms with E-state index >= 15 is 0 Å². The fourth-order valence-corrected chi connectivity index (χ4v) is 3.46. The minimum absolute atomic E-state index is 0.159. The number of fused-ring (bicyclic) bond motifs is 1. The maximum atomic E-state index is 12.0. The second-order valence-electron chi connectivity index (χ2n) is 6.50. The number of nitrogens with one attached hydrogen (secondary N) is 1. The van der Waals surface area contributed by atoms with Crippen LogP contribution in [0.2, 0.25) is 0 Å². The van der Waals surface area contributed by atoms with Gasteiger partial charge in [0.1, 0.15) is 5.75 Å². The number of aromatic nitrogens is 2. The number of rotatable bonds is 5. The van der Waals surface area contributed by atoms with Crippen LogP contribution >= 0.6 is 0 Å². The van der Waals surface area contributed by atoms with Crippen molar-refractivity contribution in [3.8, 4) is 5.75 Å². The molecule has 3 rings (SSSR count). The van der Waals surface area contributed by atoms with Crippen LogP contribution in [-0.2, 0) is 19.4 Å². The Bertz CT molecular complexity index is 783. The third kappa shape index (κ3) is 3.67. The van der Waals surface area contributed by atoms with Gasteiger partial charge in [-0.1, -0.05) is 6.07 Å². The Morgan fingerprint density at radius 1 is 1.29 bits per heavy atom. The minimum atomic E-state index is -0.159. The summed E-state index contributed by atoms with van der Waals surface area (Å²) in [5.41, 5.74) is 4.37. The van der Waals surface area contributed by atoms with Crippen LogP contribution in [0.4, 0.5) is 0 Å². The Kier molecular flexibility index (Phi) is 5.00. The van der Waals surface area contributed by atoms with Crippen molar-refractivity contribution in [1.29, 1.82) is 0 Å². The van der Waals surface area contributed by atoms with Gasteiger partial charge in [0.2, 0.25) is 0 Å². The van der Waals surface area contributed by atoms with E-state index in [4.69, 9.17) is 4.74 Å². The molecule has 1 aliphatic carbocycles. The van der Waals surface area contributed by atoms with Crippen LogP contribution in [0, 0.1) is 13.8 Å². The Labute approximate surface area is 142 Å². The largest absolute Gasteiger partial charge is 0.497 e. The van der Waals surface area contributed by atoms with Gasteiger partial charge in [-0.25, -0.2) is 4.79 Å². The van der Waals surface area contributed by atoms with Gasteiger partial charge in [-0.15, -0.1) is 0 Å². The molecular weight excluding hydrogens is 302 g/mol. The molecule has 24 heavy (non-hydrogen) atoms. The molecule has 5 nitrogen and oxygen atoms in total. The third-order valence-corrected chi connectivity index (χ3v) is 4.76. The maximum Gasteiger partial charge on any atom is 0.347 e. The summed E-state index contributed by atoms with van der Waals surface area (Å²) in [6.07, 6.45) is 3.22. The number of hydrogen-bond donors (Lipinski definition) is 1. The average molecular weight is 327 g/mol. The predicted molar refractivity (Wildman–Crippen MR) is 94.8 cm³/mol. The molecule has 0 radical (unpaired) electrons. The quantitative estimate of drug-likeness (QED) is 0.913. The van der Waals surface area contributed by atoms with Gasteiger partial charge in [0.25, 0.3) is 0 Å². The van der Waals surface area contributed by atoms with Gasteiger partial charge < -0.3 is 10.1 Å². The molecule has 0 aliphatic heterocycles. The van der Waals surface area contributed by atoms with E-state index in [0.29, 0.717) is 12.6 Å². The Morgan fingerprint density at radius 3 is 2.88 bits per heavy atom. The Hall–Kier alpha value is -2.14. The normalized spacial score (nSPS) is 16.7. The van der Waals surface area contributed by atoms with Crippen LogP contribution in [0.15, 0.2) is 29.1 Å². The van der Waals surface area contributed by atoms with Crippen LogP contribution in [0.1, 0.15) is 28.9 Å². The summed E-state index contributed by atoms with van der Waals surface area (Å²) in [4.78, 5) is 16.0. The highest BCUT2D eigenvalue weighted by Crippen LogP contribution is 2.25. The maximum absolute atomic E-state index is 12.0. The number of ether oxygens (including phenoxy) is 1. The lowest BCUT2D eigenvalue weighted by atomic mass is 9.88. The molecule has 1 aliphatic rings. The van der Waals surface area contributed by atoms with Crippen LogP contribution < -0.4 is 15.7 Å². The molecule has 2 aromatic rings. The van der Waals surface area contributed by atoms with Gasteiger partial charge in [0.05, 0.1) is 7.11 Å². The molecule has 0 bridgehead atoms. The lowest BCUT2D eigenvalue weighted by molar-refractivity contribution is 0.409. The van der Waals surface area contributed by atoms with E-state index in [1.54, 1.807) is 11.7 Å². The fourth-order valence-electron chi connectivity index (χ4n) is 3.46. The van der Waals surface area contributed by atoms with Crippen LogP contribution in [0.25, 0.3) is 0 Å². The van der Waals surface area contributed by atoms with E-state index in [9.17, 15) is 4.79 Å². The number of benzene rings is 1. The zero-order chi connectivity index (χ0) is 17.1. The Balaban J connectivity index is 1.59. The Morgan fingerprint density at radius 2 is 2.12 bits per heavy atom. The highest BCUT2D eigenvalue weighted by Gasteiger charge is 2.18. The van der Waals surface area contributed by atoms with Crippen molar-refractivity contribution >= 4 is 0 Å². The highest BCUT2D eigenvalue weighted by atomic mass is 16.5. The van der Waals surface area contributed by atoms with Crippen molar-refractivity contribution < 1.29 is 4.74 Å². The fraction of sp³-hybridized carbons (Fsp3) is 0.474. The molecule has 5 heteroatoms. The lowest BCUT2D eigenvalue weighted by Crippen LogP contribution is -2.38. The summed E-state index contributed by atoms with van der Waals surface area (Å²) in [6, 6.07) is 8.74. The van der Waals surface area contributed by atoms with Gasteiger partial charge in [-0.3, -0.25) is 4.57 Å². The molecule has 1 atom stereocenters.